The molecule has 1 fully saturated rings. The van der Waals surface area contributed by atoms with E-state index in [1.165, 1.54) is 16.7 Å². The number of fused-ring (bicyclic) bond motifs is 2. The van der Waals surface area contributed by atoms with Crippen LogP contribution in [-0.4, -0.2) is 67.2 Å². The molecule has 31 heavy (non-hydrogen) atoms. The highest BCUT2D eigenvalue weighted by Gasteiger charge is 2.28. The minimum absolute atomic E-state index is 0.213. The van der Waals surface area contributed by atoms with Crippen molar-refractivity contribution < 1.29 is 14.3 Å². The number of amides is 1. The van der Waals surface area contributed by atoms with Crippen LogP contribution in [0.5, 0.6) is 11.5 Å². The number of hydrogen-bond donors (Lipinski definition) is 0. The zero-order valence-electron chi connectivity index (χ0n) is 18.3. The summed E-state index contributed by atoms with van der Waals surface area (Å²) in [5.41, 5.74) is 3.97. The van der Waals surface area contributed by atoms with Crippen molar-refractivity contribution in [2.24, 2.45) is 0 Å². The van der Waals surface area contributed by atoms with Crippen molar-refractivity contribution in [2.45, 2.75) is 31.8 Å². The van der Waals surface area contributed by atoms with Gasteiger partial charge in [0, 0.05) is 39.8 Å². The highest BCUT2D eigenvalue weighted by atomic mass is 16.7. The third-order valence-corrected chi connectivity index (χ3v) is 6.87. The smallest absolute Gasteiger partial charge is 0.237 e. The molecule has 6 heteroatoms. The Kier molecular flexibility index (Phi) is 5.83. The number of benzene rings is 2. The summed E-state index contributed by atoms with van der Waals surface area (Å²) in [5.74, 6) is 1.90. The summed E-state index contributed by atoms with van der Waals surface area (Å²) >= 11 is 0. The quantitative estimate of drug-likeness (QED) is 0.743. The van der Waals surface area contributed by atoms with Crippen molar-refractivity contribution in [3.05, 3.63) is 59.2 Å². The van der Waals surface area contributed by atoms with Gasteiger partial charge in [0.1, 0.15) is 0 Å². The lowest BCUT2D eigenvalue weighted by Gasteiger charge is -2.37. The number of carbonyl (C=O) groups excluding carboxylic acids is 1. The fraction of sp³-hybridized carbons (Fsp3) is 0.480. The fourth-order valence-corrected chi connectivity index (χ4v) is 5.01. The summed E-state index contributed by atoms with van der Waals surface area (Å²) in [6.07, 6.45) is 3.33. The molecule has 1 saturated heterocycles. The van der Waals surface area contributed by atoms with Gasteiger partial charge in [-0.15, -0.1) is 0 Å². The molecule has 0 spiro atoms. The number of rotatable bonds is 5. The first kappa shape index (κ1) is 20.3. The highest BCUT2D eigenvalue weighted by molar-refractivity contribution is 5.78. The molecule has 2 aliphatic heterocycles. The summed E-state index contributed by atoms with van der Waals surface area (Å²) in [7, 11) is 1.98. The Labute approximate surface area is 184 Å². The Morgan fingerprint density at radius 2 is 1.81 bits per heavy atom. The Morgan fingerprint density at radius 3 is 2.68 bits per heavy atom. The van der Waals surface area contributed by atoms with Crippen molar-refractivity contribution in [1.82, 2.24) is 14.7 Å². The van der Waals surface area contributed by atoms with E-state index in [1.54, 1.807) is 0 Å². The minimum atomic E-state index is 0.213. The van der Waals surface area contributed by atoms with Gasteiger partial charge < -0.3 is 14.4 Å². The second-order valence-electron chi connectivity index (χ2n) is 8.85. The lowest BCUT2D eigenvalue weighted by atomic mass is 9.87. The third-order valence-electron chi connectivity index (χ3n) is 6.87. The van der Waals surface area contributed by atoms with E-state index >= 15 is 0 Å². The van der Waals surface area contributed by atoms with E-state index in [0.29, 0.717) is 13.3 Å². The molecule has 0 saturated carbocycles. The number of carbonyl (C=O) groups is 1. The van der Waals surface area contributed by atoms with Crippen LogP contribution in [0.3, 0.4) is 0 Å². The summed E-state index contributed by atoms with van der Waals surface area (Å²) in [6.45, 7) is 5.50. The molecule has 6 nitrogen and oxygen atoms in total. The molecule has 2 aromatic rings. The van der Waals surface area contributed by atoms with Gasteiger partial charge in [0.05, 0.1) is 12.6 Å². The Morgan fingerprint density at radius 1 is 1.03 bits per heavy atom. The highest BCUT2D eigenvalue weighted by Crippen LogP contribution is 2.34. The van der Waals surface area contributed by atoms with E-state index in [1.807, 2.05) is 18.0 Å². The van der Waals surface area contributed by atoms with E-state index in [-0.39, 0.29) is 11.9 Å². The first-order chi connectivity index (χ1) is 15.2. The maximum absolute atomic E-state index is 13.0. The van der Waals surface area contributed by atoms with Crippen molar-refractivity contribution in [3.63, 3.8) is 0 Å². The van der Waals surface area contributed by atoms with Gasteiger partial charge in [0.15, 0.2) is 11.5 Å². The molecule has 1 atom stereocenters. The van der Waals surface area contributed by atoms with Crippen LogP contribution in [0.25, 0.3) is 0 Å². The summed E-state index contributed by atoms with van der Waals surface area (Å²) < 4.78 is 10.9. The second kappa shape index (κ2) is 8.89. The van der Waals surface area contributed by atoms with Gasteiger partial charge in [0.2, 0.25) is 12.7 Å². The van der Waals surface area contributed by atoms with Crippen molar-refractivity contribution in [1.29, 1.82) is 0 Å². The van der Waals surface area contributed by atoms with Crippen LogP contribution >= 0.6 is 0 Å². The predicted molar refractivity (Wildman–Crippen MR) is 119 cm³/mol. The first-order valence-corrected chi connectivity index (χ1v) is 11.3. The zero-order chi connectivity index (χ0) is 21.2. The molecule has 0 unspecified atom stereocenters. The molecular formula is C25H31N3O3. The van der Waals surface area contributed by atoms with Crippen LogP contribution < -0.4 is 9.47 Å². The largest absolute Gasteiger partial charge is 0.454 e. The van der Waals surface area contributed by atoms with Gasteiger partial charge >= 0.3 is 0 Å². The van der Waals surface area contributed by atoms with Crippen molar-refractivity contribution >= 4 is 5.91 Å². The topological polar surface area (TPSA) is 45.3 Å². The molecule has 0 N–H and O–H groups in total. The number of nitrogens with zero attached hydrogens (tertiary/aromatic N) is 3. The fourth-order valence-electron chi connectivity index (χ4n) is 5.01. The molecule has 1 amide bonds. The lowest BCUT2D eigenvalue weighted by Crippen LogP contribution is -2.49. The van der Waals surface area contributed by atoms with Gasteiger partial charge in [-0.25, -0.2) is 0 Å². The van der Waals surface area contributed by atoms with Crippen molar-refractivity contribution in [3.8, 4) is 11.5 Å². The number of aryl methyl sites for hydroxylation is 1. The van der Waals surface area contributed by atoms with E-state index in [9.17, 15) is 4.79 Å². The Bertz CT molecular complexity index is 939. The van der Waals surface area contributed by atoms with Gasteiger partial charge in [-0.2, -0.15) is 0 Å². The Balaban J connectivity index is 1.13. The minimum Gasteiger partial charge on any atom is -0.454 e. The van der Waals surface area contributed by atoms with Crippen LogP contribution in [0.1, 0.15) is 35.6 Å². The maximum atomic E-state index is 13.0. The molecule has 0 aromatic heterocycles. The van der Waals surface area contributed by atoms with Crippen LogP contribution in [0.15, 0.2) is 42.5 Å². The van der Waals surface area contributed by atoms with Gasteiger partial charge in [0.25, 0.3) is 0 Å². The number of ether oxygens (including phenoxy) is 2. The summed E-state index contributed by atoms with van der Waals surface area (Å²) in [4.78, 5) is 19.8. The lowest BCUT2D eigenvalue weighted by molar-refractivity contribution is -0.134. The van der Waals surface area contributed by atoms with Gasteiger partial charge in [-0.3, -0.25) is 14.6 Å². The van der Waals surface area contributed by atoms with E-state index < -0.39 is 0 Å². The van der Waals surface area contributed by atoms with Crippen LogP contribution in [0.2, 0.25) is 0 Å². The van der Waals surface area contributed by atoms with Crippen LogP contribution in [0.4, 0.5) is 0 Å². The molecular weight excluding hydrogens is 390 g/mol. The van der Waals surface area contributed by atoms with Crippen LogP contribution in [0, 0.1) is 0 Å². The van der Waals surface area contributed by atoms with Gasteiger partial charge in [-0.1, -0.05) is 30.3 Å². The SMILES string of the molecule is CN(C(=O)CN1CCN(Cc2ccc3c(c2)OCO3)CC1)[C@H]1CCCc2ccccc21. The average molecular weight is 422 g/mol. The maximum Gasteiger partial charge on any atom is 0.237 e. The molecule has 0 bridgehead atoms. The molecule has 164 valence electrons. The molecule has 0 radical (unpaired) electrons. The van der Waals surface area contributed by atoms with E-state index in [2.05, 4.69) is 46.2 Å². The van der Waals surface area contributed by atoms with Crippen LogP contribution in [-0.2, 0) is 17.8 Å². The van der Waals surface area contributed by atoms with Gasteiger partial charge in [-0.05, 0) is 48.1 Å². The molecule has 3 aliphatic rings. The molecule has 2 aromatic carbocycles. The first-order valence-electron chi connectivity index (χ1n) is 11.3. The normalized spacial score (nSPS) is 21.0. The number of piperazine rings is 1. The average Bonchev–Trinajstić information content (AvgIpc) is 3.27. The summed E-state index contributed by atoms with van der Waals surface area (Å²) in [5, 5.41) is 0. The number of likely N-dealkylation sites (N-methyl/N-ethyl adjacent to an activating group) is 1. The standard InChI is InChI=1S/C25H31N3O3/c1-26(22-8-4-6-20-5-2-3-7-21(20)22)25(29)17-28-13-11-27(12-14-28)16-19-9-10-23-24(15-19)31-18-30-23/h2-3,5,7,9-10,15,22H,4,6,8,11-14,16-18H2,1H3/t22-/m0/s1. The molecule has 1 aliphatic carbocycles. The van der Waals surface area contributed by atoms with E-state index in [0.717, 1.165) is 63.5 Å². The summed E-state index contributed by atoms with van der Waals surface area (Å²) in [6, 6.07) is 15.0. The Hall–Kier alpha value is -2.57. The monoisotopic (exact) mass is 421 g/mol. The second-order valence-corrected chi connectivity index (χ2v) is 8.85. The van der Waals surface area contributed by atoms with Crippen molar-refractivity contribution in [2.75, 3.05) is 46.6 Å². The zero-order valence-corrected chi connectivity index (χ0v) is 18.3. The molecule has 2 heterocycles. The van der Waals surface area contributed by atoms with E-state index in [4.69, 9.17) is 9.47 Å². The molecule has 5 rings (SSSR count). The number of hydrogen-bond acceptors (Lipinski definition) is 5. The predicted octanol–water partition coefficient (Wildman–Crippen LogP) is 3.07. The third kappa shape index (κ3) is 4.41.